The molecule has 1 atom stereocenters. The minimum absolute atomic E-state index is 0.0447. The smallest absolute Gasteiger partial charge is 0.316 e. The second-order valence-corrected chi connectivity index (χ2v) is 8.21. The lowest BCUT2D eigenvalue weighted by Gasteiger charge is -2.20. The van der Waals surface area contributed by atoms with Gasteiger partial charge in [-0.05, 0) is 39.0 Å². The third-order valence-electron chi connectivity index (χ3n) is 4.30. The molecule has 0 N–H and O–H groups in total. The third-order valence-corrected chi connectivity index (χ3v) is 4.71. The van der Waals surface area contributed by atoms with Gasteiger partial charge in [-0.2, -0.15) is 0 Å². The fraction of sp³-hybridized carbons (Fsp3) is 0.421. The number of ether oxygens (including phenoxy) is 1. The molecule has 2 heterocycles. The number of rotatable bonds is 3. The van der Waals surface area contributed by atoms with Crippen molar-refractivity contribution in [3.8, 4) is 6.01 Å². The molecule has 2 aromatic rings. The van der Waals surface area contributed by atoms with Crippen molar-refractivity contribution in [2.75, 3.05) is 13.1 Å². The fourth-order valence-electron chi connectivity index (χ4n) is 2.81. The molecule has 3 rings (SSSR count). The van der Waals surface area contributed by atoms with Gasteiger partial charge in [-0.25, -0.2) is 9.97 Å². The second kappa shape index (κ2) is 7.12. The van der Waals surface area contributed by atoms with Gasteiger partial charge in [-0.3, -0.25) is 4.79 Å². The van der Waals surface area contributed by atoms with E-state index in [-0.39, 0.29) is 17.4 Å². The van der Waals surface area contributed by atoms with Crippen LogP contribution in [0.4, 0.5) is 0 Å². The highest BCUT2D eigenvalue weighted by Crippen LogP contribution is 2.23. The summed E-state index contributed by atoms with van der Waals surface area (Å²) < 4.78 is 6.58. The van der Waals surface area contributed by atoms with Crippen molar-refractivity contribution in [1.82, 2.24) is 14.9 Å². The zero-order valence-corrected chi connectivity index (χ0v) is 16.3. The van der Waals surface area contributed by atoms with Gasteiger partial charge < -0.3 is 9.64 Å². The van der Waals surface area contributed by atoms with Crippen LogP contribution in [0.25, 0.3) is 0 Å². The van der Waals surface area contributed by atoms with Gasteiger partial charge >= 0.3 is 6.01 Å². The van der Waals surface area contributed by atoms with Crippen LogP contribution in [0, 0.1) is 0 Å². The molecule has 1 aliphatic rings. The summed E-state index contributed by atoms with van der Waals surface area (Å²) in [6.07, 6.45) is 4.01. The Kier molecular flexibility index (Phi) is 5.08. The molecular weight excluding hydrogens is 382 g/mol. The highest BCUT2D eigenvalue weighted by Gasteiger charge is 2.29. The van der Waals surface area contributed by atoms with Gasteiger partial charge in [-0.15, -0.1) is 0 Å². The number of carbonyl (C=O) groups is 1. The molecule has 1 amide bonds. The summed E-state index contributed by atoms with van der Waals surface area (Å²) in [5.41, 5.74) is 2.02. The average Bonchev–Trinajstić information content (AvgIpc) is 3.04. The maximum atomic E-state index is 12.7. The van der Waals surface area contributed by atoms with Crippen molar-refractivity contribution in [3.63, 3.8) is 0 Å². The Balaban J connectivity index is 1.61. The Labute approximate surface area is 156 Å². The van der Waals surface area contributed by atoms with E-state index >= 15 is 0 Å². The van der Waals surface area contributed by atoms with Crippen LogP contribution in [0.2, 0.25) is 0 Å². The first-order valence-electron chi connectivity index (χ1n) is 8.37. The van der Waals surface area contributed by atoms with Gasteiger partial charge in [0.2, 0.25) is 0 Å². The highest BCUT2D eigenvalue weighted by atomic mass is 79.9. The molecule has 0 spiro atoms. The van der Waals surface area contributed by atoms with E-state index in [2.05, 4.69) is 46.7 Å². The summed E-state index contributed by atoms with van der Waals surface area (Å²) in [6.45, 7) is 7.73. The van der Waals surface area contributed by atoms with Gasteiger partial charge in [0.1, 0.15) is 6.10 Å². The molecule has 0 saturated carbocycles. The Morgan fingerprint density at radius 3 is 2.44 bits per heavy atom. The van der Waals surface area contributed by atoms with Gasteiger partial charge in [0, 0.05) is 30.9 Å². The van der Waals surface area contributed by atoms with Crippen molar-refractivity contribution in [3.05, 3.63) is 52.3 Å². The molecular formula is C19H22BrN3O2. The summed E-state index contributed by atoms with van der Waals surface area (Å²) in [5.74, 6) is 0.0447. The summed E-state index contributed by atoms with van der Waals surface area (Å²) in [5, 5.41) is 0. The predicted molar refractivity (Wildman–Crippen MR) is 99.8 cm³/mol. The van der Waals surface area contributed by atoms with Crippen LogP contribution in [-0.4, -0.2) is 40.0 Å². The number of carbonyl (C=O) groups excluding carboxylic acids is 1. The molecule has 0 bridgehead atoms. The van der Waals surface area contributed by atoms with E-state index in [1.165, 1.54) is 5.56 Å². The normalized spacial score (nSPS) is 17.6. The molecule has 0 aliphatic carbocycles. The Morgan fingerprint density at radius 2 is 1.84 bits per heavy atom. The van der Waals surface area contributed by atoms with E-state index in [0.717, 1.165) is 10.9 Å². The molecule has 1 fully saturated rings. The van der Waals surface area contributed by atoms with Crippen molar-refractivity contribution < 1.29 is 9.53 Å². The molecule has 1 aromatic heterocycles. The topological polar surface area (TPSA) is 55.3 Å². The van der Waals surface area contributed by atoms with Gasteiger partial charge in [0.25, 0.3) is 5.91 Å². The van der Waals surface area contributed by atoms with Gasteiger partial charge in [0.15, 0.2) is 0 Å². The first kappa shape index (κ1) is 17.9. The highest BCUT2D eigenvalue weighted by molar-refractivity contribution is 9.10. The summed E-state index contributed by atoms with van der Waals surface area (Å²) >= 11 is 3.30. The Morgan fingerprint density at radius 1 is 1.20 bits per heavy atom. The number of hydrogen-bond donors (Lipinski definition) is 0. The van der Waals surface area contributed by atoms with Crippen LogP contribution in [0.15, 0.2) is 41.1 Å². The van der Waals surface area contributed by atoms with Crippen LogP contribution < -0.4 is 4.74 Å². The predicted octanol–water partition coefficient (Wildman–Crippen LogP) is 3.83. The lowest BCUT2D eigenvalue weighted by molar-refractivity contribution is 0.0769. The van der Waals surface area contributed by atoms with Crippen molar-refractivity contribution in [2.24, 2.45) is 0 Å². The zero-order valence-electron chi connectivity index (χ0n) is 14.7. The standard InChI is InChI=1S/C19H22BrN3O2/c1-19(2,3)14-6-4-13(5-7-14)17(24)23-9-8-16(12-23)25-18-21-10-15(20)11-22-18/h4-7,10-11,16H,8-9,12H2,1-3H3/t16-/m1/s1. The first-order valence-corrected chi connectivity index (χ1v) is 9.16. The number of amides is 1. The SMILES string of the molecule is CC(C)(C)c1ccc(C(=O)N2CC[C@@H](Oc3ncc(Br)cn3)C2)cc1. The zero-order chi connectivity index (χ0) is 18.0. The van der Waals surface area contributed by atoms with E-state index in [0.29, 0.717) is 24.7 Å². The van der Waals surface area contributed by atoms with Crippen molar-refractivity contribution >= 4 is 21.8 Å². The minimum Gasteiger partial charge on any atom is -0.458 e. The molecule has 132 valence electrons. The Hall–Kier alpha value is -1.95. The monoisotopic (exact) mass is 403 g/mol. The molecule has 1 aromatic carbocycles. The number of likely N-dealkylation sites (tertiary alicyclic amines) is 1. The van der Waals surface area contributed by atoms with E-state index in [1.807, 2.05) is 29.2 Å². The number of benzene rings is 1. The summed E-state index contributed by atoms with van der Waals surface area (Å²) in [6, 6.07) is 8.24. The Bertz CT molecular complexity index is 739. The largest absolute Gasteiger partial charge is 0.458 e. The van der Waals surface area contributed by atoms with Gasteiger partial charge in [-0.1, -0.05) is 32.9 Å². The lowest BCUT2D eigenvalue weighted by Crippen LogP contribution is -2.31. The minimum atomic E-state index is -0.0704. The molecule has 0 radical (unpaired) electrons. The molecule has 5 nitrogen and oxygen atoms in total. The van der Waals surface area contributed by atoms with E-state index in [4.69, 9.17) is 4.74 Å². The molecule has 1 saturated heterocycles. The quantitative estimate of drug-likeness (QED) is 0.781. The van der Waals surface area contributed by atoms with E-state index in [1.54, 1.807) is 12.4 Å². The van der Waals surface area contributed by atoms with Crippen LogP contribution in [0.1, 0.15) is 43.1 Å². The maximum absolute atomic E-state index is 12.7. The van der Waals surface area contributed by atoms with E-state index < -0.39 is 0 Å². The fourth-order valence-corrected chi connectivity index (χ4v) is 3.02. The molecule has 6 heteroatoms. The molecule has 0 unspecified atom stereocenters. The molecule has 25 heavy (non-hydrogen) atoms. The number of hydrogen-bond acceptors (Lipinski definition) is 4. The van der Waals surface area contributed by atoms with Crippen LogP contribution in [0.3, 0.4) is 0 Å². The number of halogens is 1. The molecule has 1 aliphatic heterocycles. The first-order chi connectivity index (χ1) is 11.8. The van der Waals surface area contributed by atoms with Gasteiger partial charge in [0.05, 0.1) is 11.0 Å². The second-order valence-electron chi connectivity index (χ2n) is 7.29. The van der Waals surface area contributed by atoms with Crippen LogP contribution in [0.5, 0.6) is 6.01 Å². The average molecular weight is 404 g/mol. The third kappa shape index (κ3) is 4.37. The van der Waals surface area contributed by atoms with Crippen molar-refractivity contribution in [2.45, 2.75) is 38.7 Å². The number of aromatic nitrogens is 2. The lowest BCUT2D eigenvalue weighted by atomic mass is 9.86. The van der Waals surface area contributed by atoms with E-state index in [9.17, 15) is 4.79 Å². The van der Waals surface area contributed by atoms with Crippen LogP contribution >= 0.6 is 15.9 Å². The summed E-state index contributed by atoms with van der Waals surface area (Å²) in [7, 11) is 0. The maximum Gasteiger partial charge on any atom is 0.316 e. The number of nitrogens with zero attached hydrogens (tertiary/aromatic N) is 3. The van der Waals surface area contributed by atoms with Crippen LogP contribution in [-0.2, 0) is 5.41 Å². The summed E-state index contributed by atoms with van der Waals surface area (Å²) in [4.78, 5) is 22.8. The van der Waals surface area contributed by atoms with Crippen molar-refractivity contribution in [1.29, 1.82) is 0 Å².